The van der Waals surface area contributed by atoms with Gasteiger partial charge in [0, 0.05) is 10.5 Å². The summed E-state index contributed by atoms with van der Waals surface area (Å²) in [5, 5.41) is 3.37. The van der Waals surface area contributed by atoms with Crippen molar-refractivity contribution in [1.29, 1.82) is 0 Å². The van der Waals surface area contributed by atoms with Crippen LogP contribution < -0.4 is 10.0 Å². The van der Waals surface area contributed by atoms with Gasteiger partial charge in [-0.15, -0.1) is 0 Å². The van der Waals surface area contributed by atoms with E-state index in [0.29, 0.717) is 18.2 Å². The number of sulfonamides is 1. The molecule has 0 spiro atoms. The van der Waals surface area contributed by atoms with Gasteiger partial charge in [-0.3, -0.25) is 4.72 Å². The van der Waals surface area contributed by atoms with Gasteiger partial charge < -0.3 is 5.32 Å². The fourth-order valence-electron chi connectivity index (χ4n) is 2.40. The quantitative estimate of drug-likeness (QED) is 0.848. The maximum Gasteiger partial charge on any atom is 0.232 e. The van der Waals surface area contributed by atoms with Crippen molar-refractivity contribution in [3.05, 3.63) is 28.2 Å². The first-order valence-corrected chi connectivity index (χ1v) is 9.41. The number of rotatable bonds is 5. The molecule has 1 unspecified atom stereocenters. The Morgan fingerprint density at radius 1 is 1.40 bits per heavy atom. The molecule has 4 nitrogen and oxygen atoms in total. The number of anilines is 1. The summed E-state index contributed by atoms with van der Waals surface area (Å²) in [6.45, 7) is 2.94. The van der Waals surface area contributed by atoms with Crippen LogP contribution in [0.5, 0.6) is 0 Å². The maximum absolute atomic E-state index is 12.1. The van der Waals surface area contributed by atoms with E-state index < -0.39 is 10.0 Å². The van der Waals surface area contributed by atoms with E-state index in [1.807, 2.05) is 25.1 Å². The molecule has 1 aliphatic heterocycles. The predicted octanol–water partition coefficient (Wildman–Crippen LogP) is 3.03. The molecule has 0 aromatic heterocycles. The average molecular weight is 361 g/mol. The molecule has 20 heavy (non-hydrogen) atoms. The number of hydrogen-bond donors (Lipinski definition) is 2. The van der Waals surface area contributed by atoms with Gasteiger partial charge in [0.05, 0.1) is 11.4 Å². The molecule has 1 aliphatic rings. The summed E-state index contributed by atoms with van der Waals surface area (Å²) >= 11 is 3.37. The van der Waals surface area contributed by atoms with Crippen LogP contribution in [0.1, 0.15) is 31.2 Å². The molecule has 0 aliphatic carbocycles. The molecule has 6 heteroatoms. The molecule has 1 saturated heterocycles. The standard InChI is InChI=1S/C14H21BrN2O2S/c1-11-5-6-13(15)14(10-11)17-20(18,19)9-7-12-4-2-3-8-16-12/h5-6,10,12,16-17H,2-4,7-9H2,1H3. The van der Waals surface area contributed by atoms with Gasteiger partial charge in [0.25, 0.3) is 0 Å². The summed E-state index contributed by atoms with van der Waals surface area (Å²) in [5.74, 6) is 0.158. The highest BCUT2D eigenvalue weighted by Crippen LogP contribution is 2.24. The summed E-state index contributed by atoms with van der Waals surface area (Å²) in [5.41, 5.74) is 1.64. The van der Waals surface area contributed by atoms with Crippen LogP contribution in [0.15, 0.2) is 22.7 Å². The summed E-state index contributed by atoms with van der Waals surface area (Å²) in [6, 6.07) is 5.96. The van der Waals surface area contributed by atoms with Crippen molar-refractivity contribution >= 4 is 31.6 Å². The van der Waals surface area contributed by atoms with E-state index in [0.717, 1.165) is 23.0 Å². The second-order valence-electron chi connectivity index (χ2n) is 5.34. The highest BCUT2D eigenvalue weighted by Gasteiger charge is 2.18. The Labute approximate surface area is 129 Å². The first-order valence-electron chi connectivity index (χ1n) is 6.96. The predicted molar refractivity (Wildman–Crippen MR) is 86.5 cm³/mol. The first-order chi connectivity index (χ1) is 9.46. The number of piperidine rings is 1. The van der Waals surface area contributed by atoms with Gasteiger partial charge in [-0.2, -0.15) is 0 Å². The van der Waals surface area contributed by atoms with Crippen molar-refractivity contribution in [2.75, 3.05) is 17.0 Å². The zero-order valence-corrected chi connectivity index (χ0v) is 14.1. The lowest BCUT2D eigenvalue weighted by Gasteiger charge is -2.23. The number of benzene rings is 1. The number of halogens is 1. The number of aryl methyl sites for hydroxylation is 1. The normalized spacial score (nSPS) is 19.8. The summed E-state index contributed by atoms with van der Waals surface area (Å²) in [7, 11) is -3.29. The summed E-state index contributed by atoms with van der Waals surface area (Å²) in [4.78, 5) is 0. The van der Waals surface area contributed by atoms with E-state index in [9.17, 15) is 8.42 Å². The number of hydrogen-bond acceptors (Lipinski definition) is 3. The van der Waals surface area contributed by atoms with Gasteiger partial charge in [0.15, 0.2) is 0 Å². The van der Waals surface area contributed by atoms with Crippen molar-refractivity contribution in [2.24, 2.45) is 0 Å². The third-order valence-electron chi connectivity index (χ3n) is 3.53. The third kappa shape index (κ3) is 4.75. The molecule has 0 radical (unpaired) electrons. The van der Waals surface area contributed by atoms with Gasteiger partial charge in [-0.1, -0.05) is 12.5 Å². The molecule has 112 valence electrons. The van der Waals surface area contributed by atoms with E-state index in [1.54, 1.807) is 0 Å². The molecule has 1 aromatic rings. The molecule has 1 heterocycles. The van der Waals surface area contributed by atoms with Crippen molar-refractivity contribution in [2.45, 2.75) is 38.6 Å². The Bertz CT molecular complexity index is 554. The van der Waals surface area contributed by atoms with Gasteiger partial charge in [-0.25, -0.2) is 8.42 Å². The molecule has 1 aromatic carbocycles. The smallest absolute Gasteiger partial charge is 0.232 e. The minimum Gasteiger partial charge on any atom is -0.314 e. The van der Waals surface area contributed by atoms with Crippen molar-refractivity contribution in [1.82, 2.24) is 5.32 Å². The third-order valence-corrected chi connectivity index (χ3v) is 5.53. The lowest BCUT2D eigenvalue weighted by atomic mass is 10.0. The maximum atomic E-state index is 12.1. The molecule has 1 fully saturated rings. The highest BCUT2D eigenvalue weighted by atomic mass is 79.9. The van der Waals surface area contributed by atoms with Crippen LogP contribution >= 0.6 is 15.9 Å². The van der Waals surface area contributed by atoms with Crippen molar-refractivity contribution < 1.29 is 8.42 Å². The van der Waals surface area contributed by atoms with Crippen LogP contribution in [0.2, 0.25) is 0 Å². The van der Waals surface area contributed by atoms with Crippen LogP contribution in [0, 0.1) is 6.92 Å². The molecular weight excluding hydrogens is 340 g/mol. The fourth-order valence-corrected chi connectivity index (χ4v) is 4.08. The topological polar surface area (TPSA) is 58.2 Å². The van der Waals surface area contributed by atoms with E-state index in [2.05, 4.69) is 26.0 Å². The minimum atomic E-state index is -3.29. The average Bonchev–Trinajstić information content (AvgIpc) is 2.42. The van der Waals surface area contributed by atoms with Crippen LogP contribution in [0.3, 0.4) is 0 Å². The van der Waals surface area contributed by atoms with Crippen LogP contribution in [0.4, 0.5) is 5.69 Å². The Morgan fingerprint density at radius 3 is 2.90 bits per heavy atom. The fraction of sp³-hybridized carbons (Fsp3) is 0.571. The van der Waals surface area contributed by atoms with Gasteiger partial charge >= 0.3 is 0 Å². The Kier molecular flexibility index (Phi) is 5.46. The van der Waals surface area contributed by atoms with Crippen molar-refractivity contribution in [3.63, 3.8) is 0 Å². The Balaban J connectivity index is 1.94. The lowest BCUT2D eigenvalue weighted by Crippen LogP contribution is -2.36. The SMILES string of the molecule is Cc1ccc(Br)c(NS(=O)(=O)CCC2CCCCN2)c1. The summed E-state index contributed by atoms with van der Waals surface area (Å²) < 4.78 is 27.7. The molecule has 0 bridgehead atoms. The van der Waals surface area contributed by atoms with Crippen LogP contribution in [-0.4, -0.2) is 26.8 Å². The molecule has 0 amide bonds. The van der Waals surface area contributed by atoms with Crippen LogP contribution in [0.25, 0.3) is 0 Å². The molecule has 2 rings (SSSR count). The monoisotopic (exact) mass is 360 g/mol. The molecule has 1 atom stereocenters. The number of nitrogens with one attached hydrogen (secondary N) is 2. The Hall–Kier alpha value is -0.590. The highest BCUT2D eigenvalue weighted by molar-refractivity contribution is 9.10. The van der Waals surface area contributed by atoms with E-state index in [4.69, 9.17) is 0 Å². The van der Waals surface area contributed by atoms with Gasteiger partial charge in [0.2, 0.25) is 10.0 Å². The second-order valence-corrected chi connectivity index (χ2v) is 8.04. The van der Waals surface area contributed by atoms with Gasteiger partial charge in [-0.05, 0) is 66.4 Å². The Morgan fingerprint density at radius 2 is 2.20 bits per heavy atom. The second kappa shape index (κ2) is 6.91. The van der Waals surface area contributed by atoms with Crippen LogP contribution in [-0.2, 0) is 10.0 Å². The molecular formula is C14H21BrN2O2S. The van der Waals surface area contributed by atoms with Gasteiger partial charge in [0.1, 0.15) is 0 Å². The lowest BCUT2D eigenvalue weighted by molar-refractivity contribution is 0.393. The largest absolute Gasteiger partial charge is 0.314 e. The van der Waals surface area contributed by atoms with E-state index >= 15 is 0 Å². The van der Waals surface area contributed by atoms with Crippen molar-refractivity contribution in [3.8, 4) is 0 Å². The summed E-state index contributed by atoms with van der Waals surface area (Å²) in [6.07, 6.45) is 4.12. The van der Waals surface area contributed by atoms with E-state index in [1.165, 1.54) is 12.8 Å². The first kappa shape index (κ1) is 15.8. The van der Waals surface area contributed by atoms with E-state index in [-0.39, 0.29) is 5.75 Å². The molecule has 2 N–H and O–H groups in total. The zero-order valence-electron chi connectivity index (χ0n) is 11.7. The zero-order chi connectivity index (χ0) is 14.6. The molecule has 0 saturated carbocycles. The minimum absolute atomic E-state index is 0.158.